The standard InChI is InChI=1S/C15H13N3O4/c1-22-14-7-13(18(20)21)6-11(15(14)19)9-17-12-4-2-3-10(5-12)8-16/h2-9,16,19H,1H3. The maximum absolute atomic E-state index is 10.9. The second-order valence-electron chi connectivity index (χ2n) is 4.34. The van der Waals surface area contributed by atoms with Crippen molar-refractivity contribution >= 4 is 23.8 Å². The second-order valence-corrected chi connectivity index (χ2v) is 4.34. The van der Waals surface area contributed by atoms with E-state index < -0.39 is 4.92 Å². The number of phenols is 1. The number of ether oxygens (including phenoxy) is 1. The quantitative estimate of drug-likeness (QED) is 0.502. The van der Waals surface area contributed by atoms with Crippen LogP contribution in [0.5, 0.6) is 11.5 Å². The Morgan fingerprint density at radius 3 is 2.77 bits per heavy atom. The predicted octanol–water partition coefficient (Wildman–Crippen LogP) is 3.06. The molecule has 0 unspecified atom stereocenters. The SMILES string of the molecule is COc1cc([N+](=O)[O-])cc(C=Nc2cccc(C=N)c2)c1O. The molecule has 7 nitrogen and oxygen atoms in total. The molecule has 0 atom stereocenters. The molecule has 22 heavy (non-hydrogen) atoms. The summed E-state index contributed by atoms with van der Waals surface area (Å²) in [7, 11) is 1.31. The molecule has 112 valence electrons. The summed E-state index contributed by atoms with van der Waals surface area (Å²) in [6, 6.07) is 9.23. The van der Waals surface area contributed by atoms with Crippen LogP contribution < -0.4 is 4.74 Å². The molecule has 2 N–H and O–H groups in total. The molecular formula is C15H13N3O4. The number of phenolic OH excluding ortho intramolecular Hbond substituents is 1. The van der Waals surface area contributed by atoms with E-state index in [0.29, 0.717) is 11.3 Å². The van der Waals surface area contributed by atoms with E-state index in [-0.39, 0.29) is 22.7 Å². The lowest BCUT2D eigenvalue weighted by Gasteiger charge is -2.06. The van der Waals surface area contributed by atoms with Crippen molar-refractivity contribution in [2.75, 3.05) is 7.11 Å². The number of aromatic hydroxyl groups is 1. The first kappa shape index (κ1) is 15.2. The maximum Gasteiger partial charge on any atom is 0.274 e. The number of rotatable bonds is 5. The van der Waals surface area contributed by atoms with Gasteiger partial charge in [0.2, 0.25) is 0 Å². The first-order valence-corrected chi connectivity index (χ1v) is 6.25. The summed E-state index contributed by atoms with van der Waals surface area (Å²) in [5.41, 5.74) is 1.21. The maximum atomic E-state index is 10.9. The van der Waals surface area contributed by atoms with Gasteiger partial charge in [0.1, 0.15) is 0 Å². The minimum absolute atomic E-state index is 0.00360. The van der Waals surface area contributed by atoms with Crippen LogP contribution >= 0.6 is 0 Å². The molecule has 0 radical (unpaired) electrons. The third-order valence-electron chi connectivity index (χ3n) is 2.91. The summed E-state index contributed by atoms with van der Waals surface area (Å²) in [5, 5.41) is 28.1. The predicted molar refractivity (Wildman–Crippen MR) is 82.9 cm³/mol. The van der Waals surface area contributed by atoms with E-state index in [2.05, 4.69) is 4.99 Å². The van der Waals surface area contributed by atoms with E-state index in [1.807, 2.05) is 0 Å². The molecule has 0 heterocycles. The zero-order valence-electron chi connectivity index (χ0n) is 11.7. The highest BCUT2D eigenvalue weighted by atomic mass is 16.6. The average Bonchev–Trinajstić information content (AvgIpc) is 2.53. The fourth-order valence-corrected chi connectivity index (χ4v) is 1.81. The third-order valence-corrected chi connectivity index (χ3v) is 2.91. The molecule has 0 aliphatic heterocycles. The van der Waals surface area contributed by atoms with Crippen LogP contribution in [0.25, 0.3) is 0 Å². The van der Waals surface area contributed by atoms with Crippen molar-refractivity contribution in [3.8, 4) is 11.5 Å². The number of hydrogen-bond acceptors (Lipinski definition) is 6. The zero-order valence-corrected chi connectivity index (χ0v) is 11.7. The molecule has 0 amide bonds. The van der Waals surface area contributed by atoms with Gasteiger partial charge in [0, 0.05) is 24.1 Å². The highest BCUT2D eigenvalue weighted by molar-refractivity contribution is 5.88. The van der Waals surface area contributed by atoms with Crippen LogP contribution in [0.3, 0.4) is 0 Å². The Kier molecular flexibility index (Phi) is 4.47. The number of nitro benzene ring substituents is 1. The lowest BCUT2D eigenvalue weighted by atomic mass is 10.1. The Hall–Kier alpha value is -3.22. The van der Waals surface area contributed by atoms with E-state index in [1.54, 1.807) is 24.3 Å². The normalized spacial score (nSPS) is 10.6. The van der Waals surface area contributed by atoms with E-state index in [4.69, 9.17) is 10.1 Å². The van der Waals surface area contributed by atoms with E-state index >= 15 is 0 Å². The average molecular weight is 299 g/mol. The van der Waals surface area contributed by atoms with Crippen LogP contribution in [0, 0.1) is 15.5 Å². The highest BCUT2D eigenvalue weighted by Crippen LogP contribution is 2.33. The Bertz CT molecular complexity index is 756. The molecule has 0 spiro atoms. The van der Waals surface area contributed by atoms with Crippen molar-refractivity contribution in [2.24, 2.45) is 4.99 Å². The van der Waals surface area contributed by atoms with Gasteiger partial charge in [-0.05, 0) is 17.7 Å². The first-order chi connectivity index (χ1) is 10.5. The van der Waals surface area contributed by atoms with Crippen molar-refractivity contribution < 1.29 is 14.8 Å². The van der Waals surface area contributed by atoms with Crippen molar-refractivity contribution in [1.29, 1.82) is 5.41 Å². The zero-order chi connectivity index (χ0) is 16.1. The molecule has 7 heteroatoms. The molecule has 0 aliphatic carbocycles. The van der Waals surface area contributed by atoms with Gasteiger partial charge in [0.25, 0.3) is 5.69 Å². The molecule has 0 saturated carbocycles. The van der Waals surface area contributed by atoms with Gasteiger partial charge in [-0.3, -0.25) is 15.1 Å². The molecule has 2 aromatic rings. The van der Waals surface area contributed by atoms with E-state index in [0.717, 1.165) is 6.07 Å². The molecule has 2 aromatic carbocycles. The van der Waals surface area contributed by atoms with Gasteiger partial charge < -0.3 is 15.3 Å². The van der Waals surface area contributed by atoms with E-state index in [9.17, 15) is 15.2 Å². The number of non-ortho nitro benzene ring substituents is 1. The van der Waals surface area contributed by atoms with Gasteiger partial charge in [-0.2, -0.15) is 0 Å². The fraction of sp³-hybridized carbons (Fsp3) is 0.0667. The summed E-state index contributed by atoms with van der Waals surface area (Å²) in [6.07, 6.45) is 2.50. The molecule has 2 rings (SSSR count). The summed E-state index contributed by atoms with van der Waals surface area (Å²) < 4.78 is 4.92. The summed E-state index contributed by atoms with van der Waals surface area (Å²) >= 11 is 0. The fourth-order valence-electron chi connectivity index (χ4n) is 1.81. The Morgan fingerprint density at radius 1 is 1.36 bits per heavy atom. The van der Waals surface area contributed by atoms with Crippen LogP contribution in [0.4, 0.5) is 11.4 Å². The molecule has 0 bridgehead atoms. The molecule has 0 fully saturated rings. The Labute approximate surface area is 126 Å². The van der Waals surface area contributed by atoms with Crippen molar-refractivity contribution in [3.63, 3.8) is 0 Å². The summed E-state index contributed by atoms with van der Waals surface area (Å²) in [5.74, 6) is -0.219. The van der Waals surface area contributed by atoms with Crippen LogP contribution in [0.15, 0.2) is 41.4 Å². The number of nitrogens with zero attached hydrogens (tertiary/aromatic N) is 2. The van der Waals surface area contributed by atoms with Gasteiger partial charge in [0.15, 0.2) is 11.5 Å². The Balaban J connectivity index is 2.43. The molecular weight excluding hydrogens is 286 g/mol. The van der Waals surface area contributed by atoms with Crippen LogP contribution in [0.2, 0.25) is 0 Å². The minimum Gasteiger partial charge on any atom is -0.504 e. The number of benzene rings is 2. The molecule has 0 aliphatic rings. The second kappa shape index (κ2) is 6.49. The van der Waals surface area contributed by atoms with Gasteiger partial charge in [0.05, 0.1) is 23.8 Å². The third kappa shape index (κ3) is 3.26. The van der Waals surface area contributed by atoms with Gasteiger partial charge in [-0.25, -0.2) is 0 Å². The van der Waals surface area contributed by atoms with Crippen LogP contribution in [0.1, 0.15) is 11.1 Å². The van der Waals surface area contributed by atoms with Crippen LogP contribution in [-0.2, 0) is 0 Å². The lowest BCUT2D eigenvalue weighted by molar-refractivity contribution is -0.385. The number of aliphatic imine (C=N–C) groups is 1. The lowest BCUT2D eigenvalue weighted by Crippen LogP contribution is -1.94. The van der Waals surface area contributed by atoms with Gasteiger partial charge in [-0.1, -0.05) is 12.1 Å². The van der Waals surface area contributed by atoms with Crippen molar-refractivity contribution in [2.45, 2.75) is 0 Å². The number of nitrogens with one attached hydrogen (secondary N) is 1. The van der Waals surface area contributed by atoms with Gasteiger partial charge >= 0.3 is 0 Å². The number of hydrogen-bond donors (Lipinski definition) is 2. The van der Waals surface area contributed by atoms with Crippen molar-refractivity contribution in [1.82, 2.24) is 0 Å². The Morgan fingerprint density at radius 2 is 2.14 bits per heavy atom. The number of methoxy groups -OCH3 is 1. The smallest absolute Gasteiger partial charge is 0.274 e. The minimum atomic E-state index is -0.574. The largest absolute Gasteiger partial charge is 0.504 e. The highest BCUT2D eigenvalue weighted by Gasteiger charge is 2.15. The monoisotopic (exact) mass is 299 g/mol. The molecule has 0 saturated heterocycles. The summed E-state index contributed by atoms with van der Waals surface area (Å²) in [6.45, 7) is 0. The number of nitro groups is 1. The first-order valence-electron chi connectivity index (χ1n) is 6.25. The summed E-state index contributed by atoms with van der Waals surface area (Å²) in [4.78, 5) is 14.5. The topological polar surface area (TPSA) is 109 Å². The van der Waals surface area contributed by atoms with Crippen molar-refractivity contribution in [3.05, 3.63) is 57.6 Å². The molecule has 0 aromatic heterocycles. The van der Waals surface area contributed by atoms with E-state index in [1.165, 1.54) is 25.6 Å². The van der Waals surface area contributed by atoms with Gasteiger partial charge in [-0.15, -0.1) is 0 Å². The van der Waals surface area contributed by atoms with Crippen LogP contribution in [-0.4, -0.2) is 29.6 Å².